The lowest BCUT2D eigenvalue weighted by Gasteiger charge is -2.34. The highest BCUT2D eigenvalue weighted by molar-refractivity contribution is 5.74. The number of rotatable bonds is 3. The molecule has 3 rings (SSSR count). The van der Waals surface area contributed by atoms with Gasteiger partial charge in [-0.2, -0.15) is 0 Å². The molecule has 22 heavy (non-hydrogen) atoms. The van der Waals surface area contributed by atoms with E-state index in [0.717, 1.165) is 32.2 Å². The number of nitrogens with one attached hydrogen (secondary N) is 1. The van der Waals surface area contributed by atoms with Crippen molar-refractivity contribution < 1.29 is 9.90 Å². The zero-order valence-electron chi connectivity index (χ0n) is 13.1. The van der Waals surface area contributed by atoms with Crippen molar-refractivity contribution in [3.8, 4) is 0 Å². The largest absolute Gasteiger partial charge is 0.391 e. The summed E-state index contributed by atoms with van der Waals surface area (Å²) in [6, 6.07) is 10.5. The Balaban J connectivity index is 1.64. The molecule has 1 unspecified atom stereocenters. The molecule has 0 spiro atoms. The predicted octanol–water partition coefficient (Wildman–Crippen LogP) is 2.66. The van der Waals surface area contributed by atoms with Crippen molar-refractivity contribution in [2.75, 3.05) is 19.6 Å². The standard InChI is InChI=1S/C18H26N2O2/c21-16-9-6-12-20(13-16)17(22)19-14-18(10-4-5-11-18)15-7-2-1-3-8-15/h1-3,7-8,16,21H,4-6,9-14H2,(H,19,22). The first-order chi connectivity index (χ1) is 10.7. The van der Waals surface area contributed by atoms with Gasteiger partial charge in [0.15, 0.2) is 0 Å². The van der Waals surface area contributed by atoms with E-state index in [4.69, 9.17) is 0 Å². The lowest BCUT2D eigenvalue weighted by molar-refractivity contribution is 0.0837. The first-order valence-corrected chi connectivity index (χ1v) is 8.46. The molecular formula is C18H26N2O2. The number of hydrogen-bond donors (Lipinski definition) is 2. The van der Waals surface area contributed by atoms with Gasteiger partial charge in [-0.3, -0.25) is 0 Å². The SMILES string of the molecule is O=C(NCC1(c2ccccc2)CCCC1)N1CCCC(O)C1. The molecule has 1 atom stereocenters. The second kappa shape index (κ2) is 6.69. The molecule has 2 N–H and O–H groups in total. The van der Waals surface area contributed by atoms with Crippen LogP contribution in [0.3, 0.4) is 0 Å². The Morgan fingerprint density at radius 3 is 2.64 bits per heavy atom. The van der Waals surface area contributed by atoms with Crippen LogP contribution in [0.25, 0.3) is 0 Å². The summed E-state index contributed by atoms with van der Waals surface area (Å²) in [7, 11) is 0. The van der Waals surface area contributed by atoms with Gasteiger partial charge in [0, 0.05) is 25.0 Å². The summed E-state index contributed by atoms with van der Waals surface area (Å²) in [6.45, 7) is 1.91. The van der Waals surface area contributed by atoms with Gasteiger partial charge in [-0.05, 0) is 31.2 Å². The Morgan fingerprint density at radius 1 is 1.23 bits per heavy atom. The van der Waals surface area contributed by atoms with Crippen LogP contribution in [0.5, 0.6) is 0 Å². The molecule has 0 radical (unpaired) electrons. The van der Waals surface area contributed by atoms with Gasteiger partial charge < -0.3 is 15.3 Å². The molecule has 1 aromatic carbocycles. The van der Waals surface area contributed by atoms with Crippen molar-refractivity contribution >= 4 is 6.03 Å². The maximum atomic E-state index is 12.4. The number of aliphatic hydroxyl groups is 1. The van der Waals surface area contributed by atoms with Crippen LogP contribution >= 0.6 is 0 Å². The number of hydrogen-bond acceptors (Lipinski definition) is 2. The minimum Gasteiger partial charge on any atom is -0.391 e. The molecule has 2 aliphatic rings. The Labute approximate surface area is 132 Å². The van der Waals surface area contributed by atoms with E-state index in [0.29, 0.717) is 13.1 Å². The number of piperidine rings is 1. The molecule has 1 saturated carbocycles. The van der Waals surface area contributed by atoms with Crippen LogP contribution in [-0.2, 0) is 5.41 Å². The van der Waals surface area contributed by atoms with Crippen LogP contribution in [0.1, 0.15) is 44.1 Å². The molecule has 1 heterocycles. The average molecular weight is 302 g/mol. The van der Waals surface area contributed by atoms with Crippen molar-refractivity contribution in [2.24, 2.45) is 0 Å². The molecule has 4 heteroatoms. The monoisotopic (exact) mass is 302 g/mol. The molecule has 4 nitrogen and oxygen atoms in total. The van der Waals surface area contributed by atoms with Gasteiger partial charge in [0.2, 0.25) is 0 Å². The lowest BCUT2D eigenvalue weighted by atomic mass is 9.79. The quantitative estimate of drug-likeness (QED) is 0.902. The predicted molar refractivity (Wildman–Crippen MR) is 86.8 cm³/mol. The first-order valence-electron chi connectivity index (χ1n) is 8.46. The van der Waals surface area contributed by atoms with Gasteiger partial charge in [0.05, 0.1) is 6.10 Å². The zero-order valence-corrected chi connectivity index (χ0v) is 13.1. The molecule has 1 saturated heterocycles. The summed E-state index contributed by atoms with van der Waals surface area (Å²) in [6.07, 6.45) is 6.06. The van der Waals surface area contributed by atoms with E-state index in [-0.39, 0.29) is 17.6 Å². The third kappa shape index (κ3) is 3.27. The second-order valence-corrected chi connectivity index (χ2v) is 6.75. The number of likely N-dealkylation sites (tertiary alicyclic amines) is 1. The summed E-state index contributed by atoms with van der Waals surface area (Å²) < 4.78 is 0. The Kier molecular flexibility index (Phi) is 4.67. The number of amides is 2. The topological polar surface area (TPSA) is 52.6 Å². The van der Waals surface area contributed by atoms with Crippen LogP contribution in [0.2, 0.25) is 0 Å². The molecule has 0 aromatic heterocycles. The third-order valence-electron chi connectivity index (χ3n) is 5.21. The summed E-state index contributed by atoms with van der Waals surface area (Å²) in [5.74, 6) is 0. The molecular weight excluding hydrogens is 276 g/mol. The minimum atomic E-state index is -0.367. The van der Waals surface area contributed by atoms with E-state index >= 15 is 0 Å². The van der Waals surface area contributed by atoms with E-state index < -0.39 is 0 Å². The van der Waals surface area contributed by atoms with Crippen LogP contribution in [0, 0.1) is 0 Å². The number of carbonyl (C=O) groups excluding carboxylic acids is 1. The fourth-order valence-corrected chi connectivity index (χ4v) is 3.91. The zero-order chi connectivity index (χ0) is 15.4. The van der Waals surface area contributed by atoms with E-state index in [9.17, 15) is 9.90 Å². The van der Waals surface area contributed by atoms with Gasteiger partial charge in [0.1, 0.15) is 0 Å². The third-order valence-corrected chi connectivity index (χ3v) is 5.21. The second-order valence-electron chi connectivity index (χ2n) is 6.75. The van der Waals surface area contributed by atoms with Gasteiger partial charge in [0.25, 0.3) is 0 Å². The summed E-state index contributed by atoms with van der Waals surface area (Å²) in [5, 5.41) is 12.8. The van der Waals surface area contributed by atoms with Crippen LogP contribution < -0.4 is 5.32 Å². The van der Waals surface area contributed by atoms with Crippen molar-refractivity contribution in [2.45, 2.75) is 50.0 Å². The minimum absolute atomic E-state index is 0.0269. The molecule has 2 amide bonds. The van der Waals surface area contributed by atoms with E-state index in [1.807, 2.05) is 6.07 Å². The summed E-state index contributed by atoms with van der Waals surface area (Å²) in [4.78, 5) is 14.1. The van der Waals surface area contributed by atoms with Crippen LogP contribution in [0.4, 0.5) is 4.79 Å². The van der Waals surface area contributed by atoms with Gasteiger partial charge in [-0.15, -0.1) is 0 Å². The van der Waals surface area contributed by atoms with Crippen molar-refractivity contribution in [3.63, 3.8) is 0 Å². The van der Waals surface area contributed by atoms with Crippen molar-refractivity contribution in [3.05, 3.63) is 35.9 Å². The normalized spacial score (nSPS) is 24.2. The number of β-amino-alcohol motifs (C(OH)–C–C–N with tert-alkyl or cyclic N) is 1. The number of urea groups is 1. The highest BCUT2D eigenvalue weighted by Gasteiger charge is 2.36. The fourth-order valence-electron chi connectivity index (χ4n) is 3.91. The van der Waals surface area contributed by atoms with Crippen molar-refractivity contribution in [1.29, 1.82) is 0 Å². The maximum Gasteiger partial charge on any atom is 0.317 e. The van der Waals surface area contributed by atoms with E-state index in [1.165, 1.54) is 18.4 Å². The number of carbonyl (C=O) groups is 1. The van der Waals surface area contributed by atoms with Crippen LogP contribution in [-0.4, -0.2) is 41.8 Å². The van der Waals surface area contributed by atoms with Crippen LogP contribution in [0.15, 0.2) is 30.3 Å². The molecule has 0 bridgehead atoms. The van der Waals surface area contributed by atoms with Gasteiger partial charge in [-0.1, -0.05) is 43.2 Å². The maximum absolute atomic E-state index is 12.4. The Bertz CT molecular complexity index is 497. The van der Waals surface area contributed by atoms with Gasteiger partial charge >= 0.3 is 6.03 Å². The molecule has 2 fully saturated rings. The summed E-state index contributed by atoms with van der Waals surface area (Å²) in [5.41, 5.74) is 1.43. The van der Waals surface area contributed by atoms with Gasteiger partial charge in [-0.25, -0.2) is 4.79 Å². The Hall–Kier alpha value is -1.55. The highest BCUT2D eigenvalue weighted by atomic mass is 16.3. The molecule has 1 aliphatic heterocycles. The highest BCUT2D eigenvalue weighted by Crippen LogP contribution is 2.40. The lowest BCUT2D eigenvalue weighted by Crippen LogP contribution is -2.50. The fraction of sp³-hybridized carbons (Fsp3) is 0.611. The molecule has 120 valence electrons. The number of aliphatic hydroxyl groups excluding tert-OH is 1. The Morgan fingerprint density at radius 2 is 1.95 bits per heavy atom. The summed E-state index contributed by atoms with van der Waals surface area (Å²) >= 11 is 0. The van der Waals surface area contributed by atoms with E-state index in [1.54, 1.807) is 4.90 Å². The first kappa shape index (κ1) is 15.3. The molecule has 1 aliphatic carbocycles. The number of benzene rings is 1. The van der Waals surface area contributed by atoms with E-state index in [2.05, 4.69) is 29.6 Å². The number of nitrogens with zero attached hydrogens (tertiary/aromatic N) is 1. The average Bonchev–Trinajstić information content (AvgIpc) is 3.04. The molecule has 1 aromatic rings. The van der Waals surface area contributed by atoms with Crippen molar-refractivity contribution in [1.82, 2.24) is 10.2 Å². The smallest absolute Gasteiger partial charge is 0.317 e.